The molecule has 1 atom stereocenters. The molecule has 1 saturated carbocycles. The molecule has 0 spiro atoms. The quantitative estimate of drug-likeness (QED) is 0.670. The van der Waals surface area contributed by atoms with Gasteiger partial charge in [0, 0.05) is 31.8 Å². The molecule has 5 heteroatoms. The van der Waals surface area contributed by atoms with Crippen molar-refractivity contribution in [2.45, 2.75) is 18.8 Å². The van der Waals surface area contributed by atoms with Gasteiger partial charge in [0.25, 0.3) is 5.92 Å². The van der Waals surface area contributed by atoms with E-state index in [1.807, 2.05) is 0 Å². The second-order valence-electron chi connectivity index (χ2n) is 3.86. The maximum atomic E-state index is 12.5. The zero-order chi connectivity index (χ0) is 10.2. The van der Waals surface area contributed by atoms with Gasteiger partial charge in [-0.2, -0.15) is 0 Å². The summed E-state index contributed by atoms with van der Waals surface area (Å²) in [6.07, 6.45) is -0.129. The molecule has 1 heterocycles. The predicted octanol–water partition coefficient (Wildman–Crippen LogP) is 0.891. The summed E-state index contributed by atoms with van der Waals surface area (Å²) in [5.74, 6) is -3.45. The molecule has 0 bridgehead atoms. The first-order chi connectivity index (χ1) is 6.59. The first-order valence-electron chi connectivity index (χ1n) is 4.83. The maximum Gasteiger partial charge on any atom is 0.252 e. The van der Waals surface area contributed by atoms with Crippen LogP contribution in [0.4, 0.5) is 8.78 Å². The van der Waals surface area contributed by atoms with Gasteiger partial charge in [-0.25, -0.2) is 8.78 Å². The number of nitrogens with zero attached hydrogens (tertiary/aromatic N) is 1. The molecule has 2 rings (SSSR count). The third-order valence-electron chi connectivity index (χ3n) is 2.74. The number of carbonyl (C=O) groups excluding carboxylic acids is 1. The van der Waals surface area contributed by atoms with E-state index in [1.54, 1.807) is 4.90 Å². The first kappa shape index (κ1) is 9.83. The number of carbonyl (C=O) groups is 1. The van der Waals surface area contributed by atoms with Crippen LogP contribution in [0.25, 0.3) is 0 Å². The molecular weight excluding hydrogens is 192 g/mol. The van der Waals surface area contributed by atoms with Crippen LogP contribution in [0.2, 0.25) is 0 Å². The van der Waals surface area contributed by atoms with Crippen LogP contribution in [0.5, 0.6) is 0 Å². The Labute approximate surface area is 81.0 Å². The Balaban J connectivity index is 1.78. The predicted molar refractivity (Wildman–Crippen MR) is 45.1 cm³/mol. The Kier molecular flexibility index (Phi) is 2.43. The van der Waals surface area contributed by atoms with Crippen LogP contribution in [-0.4, -0.2) is 43.0 Å². The van der Waals surface area contributed by atoms with Gasteiger partial charge in [-0.05, 0) is 0 Å². The summed E-state index contributed by atoms with van der Waals surface area (Å²) in [7, 11) is 0. The molecule has 0 aromatic rings. The minimum Gasteiger partial charge on any atom is -0.378 e. The highest BCUT2D eigenvalue weighted by Crippen LogP contribution is 2.50. The lowest BCUT2D eigenvalue weighted by Crippen LogP contribution is -2.40. The molecule has 0 aromatic carbocycles. The topological polar surface area (TPSA) is 29.5 Å². The number of morpholine rings is 1. The fraction of sp³-hybridized carbons (Fsp3) is 0.889. The van der Waals surface area contributed by atoms with E-state index < -0.39 is 11.8 Å². The number of alkyl halides is 2. The summed E-state index contributed by atoms with van der Waals surface area (Å²) in [4.78, 5) is 13.1. The molecule has 0 radical (unpaired) electrons. The molecule has 2 aliphatic rings. The number of ether oxygens (including phenoxy) is 1. The average molecular weight is 205 g/mol. The van der Waals surface area contributed by atoms with E-state index >= 15 is 0 Å². The highest BCUT2D eigenvalue weighted by Gasteiger charge is 2.57. The van der Waals surface area contributed by atoms with Gasteiger partial charge in [0.2, 0.25) is 5.91 Å². The standard InChI is InChI=1S/C9H13F2NO2/c10-9(11)6-7(9)5-8(13)12-1-3-14-4-2-12/h7H,1-6H2. The van der Waals surface area contributed by atoms with E-state index in [9.17, 15) is 13.6 Å². The van der Waals surface area contributed by atoms with Crippen LogP contribution in [0.1, 0.15) is 12.8 Å². The molecule has 3 nitrogen and oxygen atoms in total. The Morgan fingerprint density at radius 3 is 2.50 bits per heavy atom. The Morgan fingerprint density at radius 2 is 2.00 bits per heavy atom. The second-order valence-corrected chi connectivity index (χ2v) is 3.86. The van der Waals surface area contributed by atoms with E-state index in [0.717, 1.165) is 0 Å². The summed E-state index contributed by atoms with van der Waals surface area (Å²) >= 11 is 0. The summed E-state index contributed by atoms with van der Waals surface area (Å²) in [6.45, 7) is 2.12. The number of hydrogen-bond acceptors (Lipinski definition) is 2. The lowest BCUT2D eigenvalue weighted by Gasteiger charge is -2.26. The molecule has 1 aliphatic carbocycles. The van der Waals surface area contributed by atoms with Crippen LogP contribution in [0, 0.1) is 5.92 Å². The van der Waals surface area contributed by atoms with Crippen molar-refractivity contribution in [3.8, 4) is 0 Å². The molecule has 1 amide bonds. The van der Waals surface area contributed by atoms with Gasteiger partial charge in [-0.3, -0.25) is 4.79 Å². The Hall–Kier alpha value is -0.710. The van der Waals surface area contributed by atoms with Gasteiger partial charge in [0.05, 0.1) is 13.2 Å². The highest BCUT2D eigenvalue weighted by atomic mass is 19.3. The van der Waals surface area contributed by atoms with E-state index in [-0.39, 0.29) is 18.7 Å². The zero-order valence-corrected chi connectivity index (χ0v) is 7.84. The van der Waals surface area contributed by atoms with Gasteiger partial charge in [-0.15, -0.1) is 0 Å². The minimum absolute atomic E-state index is 0.00694. The first-order valence-corrected chi connectivity index (χ1v) is 4.83. The van der Waals surface area contributed by atoms with E-state index in [2.05, 4.69) is 0 Å². The van der Waals surface area contributed by atoms with Crippen molar-refractivity contribution in [2.75, 3.05) is 26.3 Å². The fourth-order valence-corrected chi connectivity index (χ4v) is 1.64. The van der Waals surface area contributed by atoms with E-state index in [1.165, 1.54) is 0 Å². The average Bonchev–Trinajstić information content (AvgIpc) is 2.75. The van der Waals surface area contributed by atoms with Crippen molar-refractivity contribution in [3.05, 3.63) is 0 Å². The summed E-state index contributed by atoms with van der Waals surface area (Å²) < 4.78 is 30.1. The molecule has 80 valence electrons. The van der Waals surface area contributed by atoms with Crippen LogP contribution >= 0.6 is 0 Å². The molecule has 2 fully saturated rings. The number of hydrogen-bond donors (Lipinski definition) is 0. The van der Waals surface area contributed by atoms with E-state index in [4.69, 9.17) is 4.74 Å². The summed E-state index contributed by atoms with van der Waals surface area (Å²) in [5, 5.41) is 0. The largest absolute Gasteiger partial charge is 0.378 e. The normalized spacial score (nSPS) is 30.1. The van der Waals surface area contributed by atoms with Gasteiger partial charge in [0.15, 0.2) is 0 Å². The van der Waals surface area contributed by atoms with Crippen LogP contribution in [0.15, 0.2) is 0 Å². The van der Waals surface area contributed by atoms with Crippen molar-refractivity contribution in [2.24, 2.45) is 5.92 Å². The molecule has 0 aromatic heterocycles. The van der Waals surface area contributed by atoms with Crippen molar-refractivity contribution < 1.29 is 18.3 Å². The van der Waals surface area contributed by atoms with Gasteiger partial charge in [0.1, 0.15) is 0 Å². The zero-order valence-electron chi connectivity index (χ0n) is 7.84. The Morgan fingerprint density at radius 1 is 1.43 bits per heavy atom. The molecular formula is C9H13F2NO2. The van der Waals surface area contributed by atoms with Crippen molar-refractivity contribution >= 4 is 5.91 Å². The molecule has 1 aliphatic heterocycles. The fourth-order valence-electron chi connectivity index (χ4n) is 1.64. The van der Waals surface area contributed by atoms with Crippen molar-refractivity contribution in [1.29, 1.82) is 0 Å². The van der Waals surface area contributed by atoms with Crippen LogP contribution in [-0.2, 0) is 9.53 Å². The highest BCUT2D eigenvalue weighted by molar-refractivity contribution is 5.77. The lowest BCUT2D eigenvalue weighted by atomic mass is 10.2. The van der Waals surface area contributed by atoms with Crippen molar-refractivity contribution in [1.82, 2.24) is 4.90 Å². The number of amides is 1. The number of rotatable bonds is 2. The monoisotopic (exact) mass is 205 g/mol. The third kappa shape index (κ3) is 2.03. The van der Waals surface area contributed by atoms with Gasteiger partial charge >= 0.3 is 0 Å². The van der Waals surface area contributed by atoms with E-state index in [0.29, 0.717) is 26.3 Å². The lowest BCUT2D eigenvalue weighted by molar-refractivity contribution is -0.136. The molecule has 0 N–H and O–H groups in total. The summed E-state index contributed by atoms with van der Waals surface area (Å²) in [6, 6.07) is 0. The summed E-state index contributed by atoms with van der Waals surface area (Å²) in [5.41, 5.74) is 0. The molecule has 1 unspecified atom stereocenters. The molecule has 14 heavy (non-hydrogen) atoms. The Bertz CT molecular complexity index is 239. The van der Waals surface area contributed by atoms with Crippen LogP contribution in [0.3, 0.4) is 0 Å². The SMILES string of the molecule is O=C(CC1CC1(F)F)N1CCOCC1. The molecule has 1 saturated heterocycles. The van der Waals surface area contributed by atoms with Crippen LogP contribution < -0.4 is 0 Å². The van der Waals surface area contributed by atoms with Gasteiger partial charge < -0.3 is 9.64 Å². The number of halogens is 2. The maximum absolute atomic E-state index is 12.5. The second kappa shape index (κ2) is 3.46. The van der Waals surface area contributed by atoms with Gasteiger partial charge in [-0.1, -0.05) is 0 Å². The minimum atomic E-state index is -2.58. The van der Waals surface area contributed by atoms with Crippen molar-refractivity contribution in [3.63, 3.8) is 0 Å². The smallest absolute Gasteiger partial charge is 0.252 e. The third-order valence-corrected chi connectivity index (χ3v) is 2.74.